The van der Waals surface area contributed by atoms with Crippen LogP contribution in [0, 0.1) is 5.92 Å². The fourth-order valence-electron chi connectivity index (χ4n) is 3.92. The molecule has 1 unspecified atom stereocenters. The number of nitrogens with zero attached hydrogens (tertiary/aromatic N) is 4. The van der Waals surface area contributed by atoms with E-state index in [1.165, 1.54) is 11.1 Å². The summed E-state index contributed by atoms with van der Waals surface area (Å²) in [4.78, 5) is 16.1. The molecule has 152 valence electrons. The van der Waals surface area contributed by atoms with Crippen LogP contribution in [0.15, 0.2) is 71.9 Å². The Kier molecular flexibility index (Phi) is 6.03. The van der Waals surface area contributed by atoms with Crippen molar-refractivity contribution in [3.8, 4) is 0 Å². The fraction of sp³-hybridized carbons (Fsp3) is 0.269. The molecule has 1 aromatic carbocycles. The molecule has 0 fully saturated rings. The molecule has 1 atom stereocenters. The van der Waals surface area contributed by atoms with E-state index < -0.39 is 0 Å². The van der Waals surface area contributed by atoms with Crippen LogP contribution in [0.3, 0.4) is 0 Å². The van der Waals surface area contributed by atoms with Crippen LogP contribution in [0.1, 0.15) is 37.6 Å². The van der Waals surface area contributed by atoms with Crippen molar-refractivity contribution >= 4 is 34.1 Å². The third kappa shape index (κ3) is 4.18. The van der Waals surface area contributed by atoms with Crippen LogP contribution >= 0.6 is 0 Å². The monoisotopic (exact) mass is 396 g/mol. The minimum absolute atomic E-state index is 0.414. The van der Waals surface area contributed by atoms with Crippen molar-refractivity contribution in [2.45, 2.75) is 26.2 Å². The maximum atomic E-state index is 4.93. The fourth-order valence-corrected chi connectivity index (χ4v) is 3.92. The molecule has 0 spiro atoms. The Balaban J connectivity index is 1.83. The van der Waals surface area contributed by atoms with Gasteiger partial charge in [0.2, 0.25) is 0 Å². The van der Waals surface area contributed by atoms with Gasteiger partial charge in [0.15, 0.2) is 5.82 Å². The van der Waals surface area contributed by atoms with Crippen LogP contribution in [-0.4, -0.2) is 30.3 Å². The number of allylic oxidation sites excluding steroid dienone is 9. The van der Waals surface area contributed by atoms with Crippen molar-refractivity contribution < 1.29 is 0 Å². The summed E-state index contributed by atoms with van der Waals surface area (Å²) in [6.07, 6.45) is 21.6. The predicted molar refractivity (Wildman–Crippen MR) is 129 cm³/mol. The average Bonchev–Trinajstić information content (AvgIpc) is 3.02. The maximum Gasteiger partial charge on any atom is 0.158 e. The highest BCUT2D eigenvalue weighted by Gasteiger charge is 2.16. The van der Waals surface area contributed by atoms with Crippen LogP contribution in [0.5, 0.6) is 0 Å². The maximum absolute atomic E-state index is 4.93. The van der Waals surface area contributed by atoms with Gasteiger partial charge in [0.25, 0.3) is 0 Å². The highest BCUT2D eigenvalue weighted by molar-refractivity contribution is 5.94. The number of anilines is 1. The van der Waals surface area contributed by atoms with E-state index in [2.05, 4.69) is 65.4 Å². The van der Waals surface area contributed by atoms with E-state index >= 15 is 0 Å². The first-order valence-electron chi connectivity index (χ1n) is 10.6. The lowest BCUT2D eigenvalue weighted by atomic mass is 9.87. The second-order valence-corrected chi connectivity index (χ2v) is 7.79. The largest absolute Gasteiger partial charge is 0.362 e. The molecule has 1 aromatic heterocycles. The lowest BCUT2D eigenvalue weighted by Crippen LogP contribution is -2.13. The average molecular weight is 397 g/mol. The number of fused-ring (bicyclic) bond motifs is 1. The molecule has 0 saturated heterocycles. The van der Waals surface area contributed by atoms with Gasteiger partial charge in [-0.15, -0.1) is 0 Å². The highest BCUT2D eigenvalue weighted by Crippen LogP contribution is 2.33. The third-order valence-electron chi connectivity index (χ3n) is 5.51. The van der Waals surface area contributed by atoms with E-state index in [-0.39, 0.29) is 0 Å². The molecule has 1 aliphatic carbocycles. The smallest absolute Gasteiger partial charge is 0.158 e. The van der Waals surface area contributed by atoms with Crippen LogP contribution < -0.4 is 4.90 Å². The number of hydrogen-bond donors (Lipinski definition) is 0. The van der Waals surface area contributed by atoms with Gasteiger partial charge in [0, 0.05) is 49.8 Å². The molecule has 2 aromatic rings. The Bertz CT molecular complexity index is 1110. The second kappa shape index (κ2) is 9.04. The lowest BCUT2D eigenvalue weighted by molar-refractivity contribution is 0.790. The van der Waals surface area contributed by atoms with Crippen LogP contribution in [0.25, 0.3) is 22.0 Å². The summed E-state index contributed by atoms with van der Waals surface area (Å²) in [6.45, 7) is 2.24. The van der Waals surface area contributed by atoms with Crippen LogP contribution in [0.2, 0.25) is 0 Å². The van der Waals surface area contributed by atoms with Gasteiger partial charge in [-0.25, -0.2) is 9.97 Å². The Labute approximate surface area is 178 Å². The number of aromatic nitrogens is 2. The Morgan fingerprint density at radius 1 is 1.10 bits per heavy atom. The number of hydrogen-bond acceptors (Lipinski definition) is 4. The zero-order chi connectivity index (χ0) is 20.9. The molecule has 4 nitrogen and oxygen atoms in total. The van der Waals surface area contributed by atoms with Crippen molar-refractivity contribution in [3.63, 3.8) is 0 Å². The SMILES string of the molecule is CCC1/C=C\C=C/C/C=C\1c1ccc2nc(C3=CC=CN=CC3)nc(N(C)C)c2c1. The van der Waals surface area contributed by atoms with Crippen LogP contribution in [0.4, 0.5) is 5.82 Å². The van der Waals surface area contributed by atoms with E-state index in [1.54, 1.807) is 6.20 Å². The van der Waals surface area contributed by atoms with E-state index in [0.717, 1.165) is 47.4 Å². The summed E-state index contributed by atoms with van der Waals surface area (Å²) in [5, 5.41) is 1.08. The van der Waals surface area contributed by atoms with Crippen LogP contribution in [-0.2, 0) is 0 Å². The minimum Gasteiger partial charge on any atom is -0.362 e. The van der Waals surface area contributed by atoms with Gasteiger partial charge < -0.3 is 4.90 Å². The van der Waals surface area contributed by atoms with E-state index in [0.29, 0.717) is 5.92 Å². The van der Waals surface area contributed by atoms with Gasteiger partial charge in [-0.1, -0.05) is 49.4 Å². The molecule has 0 saturated carbocycles. The molecule has 4 rings (SSSR count). The summed E-state index contributed by atoms with van der Waals surface area (Å²) in [6, 6.07) is 6.59. The first-order chi connectivity index (χ1) is 14.7. The van der Waals surface area contributed by atoms with Crippen molar-refractivity contribution in [2.24, 2.45) is 10.9 Å². The van der Waals surface area contributed by atoms with E-state index in [9.17, 15) is 0 Å². The summed E-state index contributed by atoms with van der Waals surface area (Å²) in [5.74, 6) is 2.12. The second-order valence-electron chi connectivity index (χ2n) is 7.79. The zero-order valence-electron chi connectivity index (χ0n) is 17.9. The van der Waals surface area contributed by atoms with E-state index in [1.807, 2.05) is 32.5 Å². The van der Waals surface area contributed by atoms with E-state index in [4.69, 9.17) is 9.97 Å². The summed E-state index contributed by atoms with van der Waals surface area (Å²) >= 11 is 0. The molecule has 2 heterocycles. The predicted octanol–water partition coefficient (Wildman–Crippen LogP) is 5.99. The van der Waals surface area contributed by atoms with Crippen molar-refractivity contribution in [1.29, 1.82) is 0 Å². The molecule has 4 heteroatoms. The van der Waals surface area contributed by atoms with Crippen molar-refractivity contribution in [3.05, 3.63) is 78.3 Å². The summed E-state index contributed by atoms with van der Waals surface area (Å²) < 4.78 is 0. The van der Waals surface area contributed by atoms with Crippen molar-refractivity contribution in [1.82, 2.24) is 9.97 Å². The first-order valence-corrected chi connectivity index (χ1v) is 10.6. The minimum atomic E-state index is 0.414. The zero-order valence-corrected chi connectivity index (χ0v) is 17.9. The van der Waals surface area contributed by atoms with Gasteiger partial charge in [-0.2, -0.15) is 0 Å². The summed E-state index contributed by atoms with van der Waals surface area (Å²) in [5.41, 5.74) is 4.67. The Morgan fingerprint density at radius 3 is 2.83 bits per heavy atom. The normalized spacial score (nSPS) is 22.4. The first kappa shape index (κ1) is 20.0. The molecular formula is C26H28N4. The molecular weight excluding hydrogens is 368 g/mol. The molecule has 2 aliphatic rings. The highest BCUT2D eigenvalue weighted by atomic mass is 15.2. The molecule has 0 N–H and O–H groups in total. The quantitative estimate of drug-likeness (QED) is 0.637. The lowest BCUT2D eigenvalue weighted by Gasteiger charge is -2.20. The van der Waals surface area contributed by atoms with Gasteiger partial charge in [-0.05, 0) is 42.2 Å². The molecule has 30 heavy (non-hydrogen) atoms. The summed E-state index contributed by atoms with van der Waals surface area (Å²) in [7, 11) is 4.08. The molecule has 1 aliphatic heterocycles. The number of aliphatic imine (C=N–C) groups is 1. The van der Waals surface area contributed by atoms with Gasteiger partial charge >= 0.3 is 0 Å². The Morgan fingerprint density at radius 2 is 2.00 bits per heavy atom. The molecule has 0 bridgehead atoms. The van der Waals surface area contributed by atoms with Gasteiger partial charge in [-0.3, -0.25) is 4.99 Å². The van der Waals surface area contributed by atoms with Gasteiger partial charge in [0.05, 0.1) is 5.52 Å². The van der Waals surface area contributed by atoms with Gasteiger partial charge in [0.1, 0.15) is 5.82 Å². The third-order valence-corrected chi connectivity index (χ3v) is 5.51. The Hall–Kier alpha value is -3.27. The molecule has 0 radical (unpaired) electrons. The molecule has 0 amide bonds. The standard InChI is InChI=1S/C26H28N4/c1-4-19-10-7-5-6-8-12-22(19)21-13-14-24-23(18-21)26(30(2)3)29-25(28-24)20-11-9-16-27-17-15-20/h5-7,9-14,16-19H,4,8,15H2,1-3H3/b6-5-,10-7-,22-12+. The number of rotatable bonds is 4. The van der Waals surface area contributed by atoms with Crippen molar-refractivity contribution in [2.75, 3.05) is 19.0 Å². The number of benzene rings is 1. The topological polar surface area (TPSA) is 41.4 Å².